The van der Waals surface area contributed by atoms with E-state index in [1.54, 1.807) is 0 Å². The van der Waals surface area contributed by atoms with E-state index in [0.717, 1.165) is 5.08 Å². The minimum Gasteiger partial charge on any atom is -0.245 e. The Kier molecular flexibility index (Phi) is 6.58. The number of nitrogens with zero attached hydrogens (tertiary/aromatic N) is 1. The molecule has 0 saturated carbocycles. The average molecular weight is 193 g/mol. The van der Waals surface area contributed by atoms with Crippen molar-refractivity contribution >= 4 is 23.7 Å². The van der Waals surface area contributed by atoms with Crippen molar-refractivity contribution in [3.05, 3.63) is 0 Å². The summed E-state index contributed by atoms with van der Waals surface area (Å²) in [5.41, 5.74) is 0. The largest absolute Gasteiger partial charge is 0.245 e. The first kappa shape index (κ1) is 11.7. The highest BCUT2D eigenvalue weighted by atomic mass is 32.2. The van der Waals surface area contributed by atoms with Gasteiger partial charge in [-0.2, -0.15) is 11.8 Å². The van der Waals surface area contributed by atoms with E-state index in [1.165, 1.54) is 0 Å². The molecular formula is C8H19NS2. The summed E-state index contributed by atoms with van der Waals surface area (Å²) in [6.45, 7) is 8.97. The van der Waals surface area contributed by atoms with Gasteiger partial charge < -0.3 is 0 Å². The van der Waals surface area contributed by atoms with E-state index < -0.39 is 0 Å². The van der Waals surface area contributed by atoms with Crippen LogP contribution in [0.15, 0.2) is 0 Å². The van der Waals surface area contributed by atoms with Gasteiger partial charge in [0.2, 0.25) is 0 Å². The SMILES string of the molecule is CSCSN(C(C)C)C(C)C. The minimum atomic E-state index is 0.646. The second kappa shape index (κ2) is 6.21. The van der Waals surface area contributed by atoms with Gasteiger partial charge in [0.25, 0.3) is 0 Å². The van der Waals surface area contributed by atoms with Crippen LogP contribution in [0.3, 0.4) is 0 Å². The van der Waals surface area contributed by atoms with Gasteiger partial charge in [0.05, 0.1) is 5.08 Å². The monoisotopic (exact) mass is 193 g/mol. The molecule has 1 nitrogen and oxygen atoms in total. The van der Waals surface area contributed by atoms with Gasteiger partial charge in [0.1, 0.15) is 0 Å². The van der Waals surface area contributed by atoms with Gasteiger partial charge in [0, 0.05) is 12.1 Å². The molecule has 0 heterocycles. The zero-order chi connectivity index (χ0) is 8.85. The van der Waals surface area contributed by atoms with Crippen LogP contribution in [0.5, 0.6) is 0 Å². The maximum Gasteiger partial charge on any atom is 0.0537 e. The van der Waals surface area contributed by atoms with Crippen molar-refractivity contribution in [2.45, 2.75) is 39.8 Å². The van der Waals surface area contributed by atoms with Gasteiger partial charge in [-0.25, -0.2) is 4.31 Å². The third-order valence-corrected chi connectivity index (χ3v) is 3.84. The van der Waals surface area contributed by atoms with Crippen molar-refractivity contribution in [3.63, 3.8) is 0 Å². The lowest BCUT2D eigenvalue weighted by molar-refractivity contribution is 0.336. The topological polar surface area (TPSA) is 3.24 Å². The third kappa shape index (κ3) is 4.99. The Morgan fingerprint density at radius 3 is 1.82 bits per heavy atom. The molecule has 0 bridgehead atoms. The Hall–Kier alpha value is 0.660. The van der Waals surface area contributed by atoms with Gasteiger partial charge in [-0.15, -0.1) is 0 Å². The van der Waals surface area contributed by atoms with Crippen LogP contribution in [0.2, 0.25) is 0 Å². The Balaban J connectivity index is 3.70. The Morgan fingerprint density at radius 1 is 1.09 bits per heavy atom. The number of rotatable bonds is 5. The van der Waals surface area contributed by atoms with Crippen LogP contribution in [-0.2, 0) is 0 Å². The molecule has 68 valence electrons. The standard InChI is InChI=1S/C8H19NS2/c1-7(2)9(8(3)4)11-6-10-5/h7-8H,6H2,1-5H3. The Morgan fingerprint density at radius 2 is 1.55 bits per heavy atom. The van der Waals surface area contributed by atoms with Crippen LogP contribution in [0.1, 0.15) is 27.7 Å². The highest BCUT2D eigenvalue weighted by Gasteiger charge is 2.12. The van der Waals surface area contributed by atoms with Crippen LogP contribution >= 0.6 is 23.7 Å². The fraction of sp³-hybridized carbons (Fsp3) is 1.00. The summed E-state index contributed by atoms with van der Waals surface area (Å²) in [6, 6.07) is 1.29. The molecule has 0 unspecified atom stereocenters. The second-order valence-corrected chi connectivity index (χ2v) is 5.28. The molecule has 0 aromatic carbocycles. The van der Waals surface area contributed by atoms with E-state index in [0.29, 0.717) is 12.1 Å². The van der Waals surface area contributed by atoms with Crippen LogP contribution < -0.4 is 0 Å². The number of hydrogen-bond acceptors (Lipinski definition) is 3. The van der Waals surface area contributed by atoms with Crippen molar-refractivity contribution in [1.29, 1.82) is 0 Å². The second-order valence-electron chi connectivity index (χ2n) is 3.08. The highest BCUT2D eigenvalue weighted by molar-refractivity contribution is 8.14. The van der Waals surface area contributed by atoms with E-state index in [9.17, 15) is 0 Å². The molecular weight excluding hydrogens is 174 g/mol. The van der Waals surface area contributed by atoms with Gasteiger partial charge >= 0.3 is 0 Å². The minimum absolute atomic E-state index is 0.646. The van der Waals surface area contributed by atoms with Gasteiger partial charge in [-0.05, 0) is 34.0 Å². The highest BCUT2D eigenvalue weighted by Crippen LogP contribution is 2.20. The normalized spacial score (nSPS) is 12.0. The van der Waals surface area contributed by atoms with Crippen molar-refractivity contribution < 1.29 is 0 Å². The number of hydrogen-bond donors (Lipinski definition) is 0. The van der Waals surface area contributed by atoms with E-state index in [-0.39, 0.29) is 0 Å². The van der Waals surface area contributed by atoms with Gasteiger partial charge in [0.15, 0.2) is 0 Å². The van der Waals surface area contributed by atoms with Gasteiger partial charge in [-0.3, -0.25) is 0 Å². The smallest absolute Gasteiger partial charge is 0.0537 e. The van der Waals surface area contributed by atoms with Gasteiger partial charge in [-0.1, -0.05) is 11.9 Å². The van der Waals surface area contributed by atoms with Crippen molar-refractivity contribution in [3.8, 4) is 0 Å². The van der Waals surface area contributed by atoms with E-state index in [2.05, 4.69) is 38.3 Å². The maximum atomic E-state index is 2.44. The van der Waals surface area contributed by atoms with E-state index in [4.69, 9.17) is 0 Å². The molecule has 0 aliphatic carbocycles. The zero-order valence-electron chi connectivity index (χ0n) is 8.13. The molecule has 11 heavy (non-hydrogen) atoms. The molecule has 0 fully saturated rings. The van der Waals surface area contributed by atoms with Crippen LogP contribution in [0, 0.1) is 0 Å². The molecule has 0 saturated heterocycles. The van der Waals surface area contributed by atoms with Crippen molar-refractivity contribution in [2.24, 2.45) is 0 Å². The fourth-order valence-corrected chi connectivity index (χ4v) is 2.51. The fourth-order valence-electron chi connectivity index (χ4n) is 1.01. The number of thioether (sulfide) groups is 1. The first-order valence-corrected chi connectivity index (χ1v) is 6.33. The molecule has 0 spiro atoms. The predicted octanol–water partition coefficient (Wildman–Crippen LogP) is 3.07. The molecule has 3 heteroatoms. The Bertz CT molecular complexity index is 86.1. The Labute approximate surface area is 79.4 Å². The summed E-state index contributed by atoms with van der Waals surface area (Å²) in [6.07, 6.45) is 2.14. The lowest BCUT2D eigenvalue weighted by Crippen LogP contribution is -2.30. The summed E-state index contributed by atoms with van der Waals surface area (Å²) in [7, 11) is 0. The molecule has 0 rings (SSSR count). The summed E-state index contributed by atoms with van der Waals surface area (Å²) in [4.78, 5) is 0. The predicted molar refractivity (Wildman–Crippen MR) is 58.1 cm³/mol. The van der Waals surface area contributed by atoms with Crippen LogP contribution in [0.4, 0.5) is 0 Å². The molecule has 0 N–H and O–H groups in total. The lowest BCUT2D eigenvalue weighted by atomic mass is 10.3. The van der Waals surface area contributed by atoms with Crippen molar-refractivity contribution in [2.75, 3.05) is 11.3 Å². The molecule has 0 radical (unpaired) electrons. The summed E-state index contributed by atoms with van der Waals surface area (Å²) < 4.78 is 2.44. The van der Waals surface area contributed by atoms with E-state index in [1.807, 2.05) is 23.7 Å². The third-order valence-electron chi connectivity index (χ3n) is 1.34. The lowest BCUT2D eigenvalue weighted by Gasteiger charge is -2.28. The first-order valence-electron chi connectivity index (χ1n) is 3.99. The molecule has 0 aliphatic rings. The first-order chi connectivity index (χ1) is 5.09. The maximum absolute atomic E-state index is 2.44. The molecule has 0 amide bonds. The molecule has 0 aromatic heterocycles. The van der Waals surface area contributed by atoms with Crippen molar-refractivity contribution in [1.82, 2.24) is 4.31 Å². The van der Waals surface area contributed by atoms with Crippen LogP contribution in [0.25, 0.3) is 0 Å². The summed E-state index contributed by atoms with van der Waals surface area (Å²) in [5, 5.41) is 1.16. The quantitative estimate of drug-likeness (QED) is 0.488. The summed E-state index contributed by atoms with van der Waals surface area (Å²) >= 11 is 3.82. The molecule has 0 aromatic rings. The average Bonchev–Trinajstić information content (AvgIpc) is 1.87. The summed E-state index contributed by atoms with van der Waals surface area (Å²) in [5.74, 6) is 0. The van der Waals surface area contributed by atoms with Crippen LogP contribution in [-0.4, -0.2) is 27.7 Å². The molecule has 0 atom stereocenters. The van der Waals surface area contributed by atoms with E-state index >= 15 is 0 Å². The molecule has 0 aliphatic heterocycles. The zero-order valence-corrected chi connectivity index (χ0v) is 9.76.